The van der Waals surface area contributed by atoms with Crippen LogP contribution in [-0.2, 0) is 16.1 Å². The number of carbonyl (C=O) groups excluding carboxylic acids is 1. The molecule has 2 rings (SSSR count). The molecule has 2 heterocycles. The van der Waals surface area contributed by atoms with Gasteiger partial charge in [-0.05, 0) is 25.8 Å². The molecule has 0 radical (unpaired) electrons. The summed E-state index contributed by atoms with van der Waals surface area (Å²) >= 11 is 0. The minimum Gasteiger partial charge on any atom is -0.364 e. The summed E-state index contributed by atoms with van der Waals surface area (Å²) in [6.07, 6.45) is 2.65. The van der Waals surface area contributed by atoms with Crippen molar-refractivity contribution in [3.63, 3.8) is 0 Å². The molecule has 1 amide bonds. The predicted molar refractivity (Wildman–Crippen MR) is 72.0 cm³/mol. The quantitative estimate of drug-likeness (QED) is 0.820. The van der Waals surface area contributed by atoms with Crippen molar-refractivity contribution in [2.24, 2.45) is 5.73 Å². The third-order valence-electron chi connectivity index (χ3n) is 3.25. The second kappa shape index (κ2) is 5.99. The number of pyridine rings is 1. The number of hydrogen-bond donors (Lipinski definition) is 2. The van der Waals surface area contributed by atoms with E-state index < -0.39 is 6.10 Å². The highest BCUT2D eigenvalue weighted by atomic mass is 16.5. The number of aryl methyl sites for hydroxylation is 1. The topological polar surface area (TPSA) is 86.3 Å². The maximum Gasteiger partial charge on any atom is 0.253 e. The Morgan fingerprint density at radius 3 is 2.95 bits per heavy atom. The number of nitrogens with one attached hydrogen (secondary N) is 1. The zero-order chi connectivity index (χ0) is 13.8. The average molecular weight is 265 g/mol. The summed E-state index contributed by atoms with van der Waals surface area (Å²) in [6.45, 7) is 2.88. The number of nitrogens with two attached hydrogens (primary N) is 1. The van der Waals surface area contributed by atoms with Crippen molar-refractivity contribution in [1.82, 2.24) is 4.57 Å². The molecule has 1 aliphatic heterocycles. The lowest BCUT2D eigenvalue weighted by Gasteiger charge is -2.13. The van der Waals surface area contributed by atoms with Gasteiger partial charge >= 0.3 is 0 Å². The Bertz CT molecular complexity index is 512. The summed E-state index contributed by atoms with van der Waals surface area (Å²) in [4.78, 5) is 23.4. The first kappa shape index (κ1) is 13.8. The standard InChI is InChI=1S/C13H19N3O3/c1-2-16-8-9(3-6-12(16)17)15-13(18)11-5-4-10(7-14)19-11/h3,6,8,10-11H,2,4-5,7,14H2,1H3,(H,15,18). The summed E-state index contributed by atoms with van der Waals surface area (Å²) in [5.41, 5.74) is 6.03. The van der Waals surface area contributed by atoms with E-state index in [9.17, 15) is 9.59 Å². The number of aromatic nitrogens is 1. The molecule has 104 valence electrons. The Kier molecular flexibility index (Phi) is 4.34. The number of nitrogens with zero attached hydrogens (tertiary/aromatic N) is 1. The number of amides is 1. The highest BCUT2D eigenvalue weighted by Gasteiger charge is 2.29. The summed E-state index contributed by atoms with van der Waals surface area (Å²) in [6, 6.07) is 3.04. The molecule has 1 saturated heterocycles. The van der Waals surface area contributed by atoms with E-state index in [0.29, 0.717) is 25.2 Å². The molecule has 0 bridgehead atoms. The van der Waals surface area contributed by atoms with Crippen LogP contribution in [0.5, 0.6) is 0 Å². The zero-order valence-corrected chi connectivity index (χ0v) is 11.0. The van der Waals surface area contributed by atoms with E-state index in [0.717, 1.165) is 6.42 Å². The van der Waals surface area contributed by atoms with E-state index in [1.807, 2.05) is 6.92 Å². The number of rotatable bonds is 4. The van der Waals surface area contributed by atoms with Gasteiger partial charge in [-0.1, -0.05) is 0 Å². The van der Waals surface area contributed by atoms with Gasteiger partial charge in [0, 0.05) is 25.4 Å². The van der Waals surface area contributed by atoms with Crippen LogP contribution >= 0.6 is 0 Å². The average Bonchev–Trinajstić information content (AvgIpc) is 2.90. The molecule has 0 aromatic carbocycles. The lowest BCUT2D eigenvalue weighted by Crippen LogP contribution is -2.30. The minimum absolute atomic E-state index is 0.0275. The van der Waals surface area contributed by atoms with E-state index in [1.165, 1.54) is 10.6 Å². The molecule has 3 N–H and O–H groups in total. The van der Waals surface area contributed by atoms with Gasteiger partial charge in [0.2, 0.25) is 0 Å². The Morgan fingerprint density at radius 2 is 2.32 bits per heavy atom. The third-order valence-corrected chi connectivity index (χ3v) is 3.25. The van der Waals surface area contributed by atoms with E-state index >= 15 is 0 Å². The molecule has 1 fully saturated rings. The Balaban J connectivity index is 2.01. The highest BCUT2D eigenvalue weighted by molar-refractivity contribution is 5.94. The molecule has 1 aliphatic rings. The predicted octanol–water partition coefficient (Wildman–Crippen LogP) is 0.313. The summed E-state index contributed by atoms with van der Waals surface area (Å²) in [7, 11) is 0. The minimum atomic E-state index is -0.449. The van der Waals surface area contributed by atoms with Crippen LogP contribution in [0.25, 0.3) is 0 Å². The SMILES string of the molecule is CCn1cc(NC(=O)C2CCC(CN)O2)ccc1=O. The highest BCUT2D eigenvalue weighted by Crippen LogP contribution is 2.20. The van der Waals surface area contributed by atoms with Crippen molar-refractivity contribution in [1.29, 1.82) is 0 Å². The normalized spacial score (nSPS) is 22.4. The van der Waals surface area contributed by atoms with Gasteiger partial charge in [0.15, 0.2) is 0 Å². The molecule has 0 aliphatic carbocycles. The van der Waals surface area contributed by atoms with E-state index in [1.54, 1.807) is 12.3 Å². The summed E-state index contributed by atoms with van der Waals surface area (Å²) < 4.78 is 7.05. The van der Waals surface area contributed by atoms with Gasteiger partial charge in [-0.2, -0.15) is 0 Å². The van der Waals surface area contributed by atoms with E-state index in [2.05, 4.69) is 5.32 Å². The van der Waals surface area contributed by atoms with Gasteiger partial charge in [0.25, 0.3) is 11.5 Å². The Labute approximate surface area is 111 Å². The molecule has 1 aromatic heterocycles. The first-order valence-electron chi connectivity index (χ1n) is 6.51. The second-order valence-electron chi connectivity index (χ2n) is 4.59. The first-order chi connectivity index (χ1) is 9.13. The smallest absolute Gasteiger partial charge is 0.253 e. The molecule has 6 heteroatoms. The molecular formula is C13H19N3O3. The van der Waals surface area contributed by atoms with Gasteiger partial charge < -0.3 is 20.4 Å². The van der Waals surface area contributed by atoms with Crippen molar-refractivity contribution in [2.45, 2.75) is 38.5 Å². The van der Waals surface area contributed by atoms with E-state index in [-0.39, 0.29) is 17.6 Å². The van der Waals surface area contributed by atoms with Crippen LogP contribution < -0.4 is 16.6 Å². The molecule has 0 saturated carbocycles. The monoisotopic (exact) mass is 265 g/mol. The van der Waals surface area contributed by atoms with Crippen LogP contribution in [0.4, 0.5) is 5.69 Å². The number of carbonyl (C=O) groups is 1. The lowest BCUT2D eigenvalue weighted by atomic mass is 10.2. The van der Waals surface area contributed by atoms with Crippen molar-refractivity contribution in [3.05, 3.63) is 28.7 Å². The van der Waals surface area contributed by atoms with Gasteiger partial charge in [-0.3, -0.25) is 9.59 Å². The zero-order valence-electron chi connectivity index (χ0n) is 11.0. The van der Waals surface area contributed by atoms with Crippen molar-refractivity contribution in [2.75, 3.05) is 11.9 Å². The molecule has 2 unspecified atom stereocenters. The second-order valence-corrected chi connectivity index (χ2v) is 4.59. The lowest BCUT2D eigenvalue weighted by molar-refractivity contribution is -0.126. The fourth-order valence-corrected chi connectivity index (χ4v) is 2.15. The molecule has 0 spiro atoms. The number of anilines is 1. The van der Waals surface area contributed by atoms with Gasteiger partial charge in [-0.15, -0.1) is 0 Å². The fraction of sp³-hybridized carbons (Fsp3) is 0.538. The van der Waals surface area contributed by atoms with Crippen LogP contribution in [0.2, 0.25) is 0 Å². The molecular weight excluding hydrogens is 246 g/mol. The largest absolute Gasteiger partial charge is 0.364 e. The number of hydrogen-bond acceptors (Lipinski definition) is 4. The van der Waals surface area contributed by atoms with Crippen LogP contribution in [0.15, 0.2) is 23.1 Å². The maximum atomic E-state index is 12.0. The van der Waals surface area contributed by atoms with Crippen LogP contribution in [0, 0.1) is 0 Å². The van der Waals surface area contributed by atoms with Gasteiger partial charge in [-0.25, -0.2) is 0 Å². The first-order valence-corrected chi connectivity index (χ1v) is 6.51. The third kappa shape index (κ3) is 3.21. The van der Waals surface area contributed by atoms with Crippen molar-refractivity contribution < 1.29 is 9.53 Å². The molecule has 1 aromatic rings. The number of ether oxygens (including phenoxy) is 1. The van der Waals surface area contributed by atoms with Crippen LogP contribution in [0.3, 0.4) is 0 Å². The van der Waals surface area contributed by atoms with E-state index in [4.69, 9.17) is 10.5 Å². The van der Waals surface area contributed by atoms with Crippen molar-refractivity contribution >= 4 is 11.6 Å². The van der Waals surface area contributed by atoms with Gasteiger partial charge in [0.05, 0.1) is 11.8 Å². The maximum absolute atomic E-state index is 12.0. The Morgan fingerprint density at radius 1 is 1.53 bits per heavy atom. The molecule has 6 nitrogen and oxygen atoms in total. The van der Waals surface area contributed by atoms with Crippen LogP contribution in [0.1, 0.15) is 19.8 Å². The van der Waals surface area contributed by atoms with Crippen LogP contribution in [-0.4, -0.2) is 29.2 Å². The van der Waals surface area contributed by atoms with Crippen molar-refractivity contribution in [3.8, 4) is 0 Å². The fourth-order valence-electron chi connectivity index (χ4n) is 2.15. The molecule has 19 heavy (non-hydrogen) atoms. The molecule has 2 atom stereocenters. The summed E-state index contributed by atoms with van der Waals surface area (Å²) in [5, 5.41) is 2.77. The Hall–Kier alpha value is -1.66. The van der Waals surface area contributed by atoms with Gasteiger partial charge in [0.1, 0.15) is 6.10 Å². The summed E-state index contributed by atoms with van der Waals surface area (Å²) in [5.74, 6) is -0.183.